The lowest BCUT2D eigenvalue weighted by Gasteiger charge is -2.30. The number of hydrogen-bond donors (Lipinski definition) is 0. The molecule has 3 rings (SSSR count). The highest BCUT2D eigenvalue weighted by atomic mass is 32.2. The molecule has 0 unspecified atom stereocenters. The number of aryl methyl sites for hydroxylation is 3. The molecule has 0 radical (unpaired) electrons. The zero-order chi connectivity index (χ0) is 25.0. The second-order valence-corrected chi connectivity index (χ2v) is 10.4. The number of benzene rings is 2. The first-order valence-electron chi connectivity index (χ1n) is 11.0. The van der Waals surface area contributed by atoms with Crippen molar-refractivity contribution in [2.45, 2.75) is 38.5 Å². The zero-order valence-electron chi connectivity index (χ0n) is 19.8. The molecule has 1 aliphatic rings. The number of carbonyl (C=O) groups is 3. The van der Waals surface area contributed by atoms with Gasteiger partial charge in [0.2, 0.25) is 15.8 Å². The van der Waals surface area contributed by atoms with Gasteiger partial charge in [0.1, 0.15) is 0 Å². The van der Waals surface area contributed by atoms with Crippen LogP contribution >= 0.6 is 0 Å². The molecule has 0 aromatic heterocycles. The van der Waals surface area contributed by atoms with Crippen molar-refractivity contribution in [3.8, 4) is 0 Å². The maximum absolute atomic E-state index is 13.1. The minimum Gasteiger partial charge on any atom is -0.465 e. The van der Waals surface area contributed by atoms with Crippen LogP contribution in [0.5, 0.6) is 0 Å². The number of ether oxygens (including phenoxy) is 2. The summed E-state index contributed by atoms with van der Waals surface area (Å²) in [5.41, 5.74) is 3.25. The monoisotopic (exact) mass is 487 g/mol. The van der Waals surface area contributed by atoms with Gasteiger partial charge in [0.15, 0.2) is 6.61 Å². The Morgan fingerprint density at radius 3 is 2.18 bits per heavy atom. The van der Waals surface area contributed by atoms with Crippen molar-refractivity contribution in [1.82, 2.24) is 4.31 Å². The predicted octanol–water partition coefficient (Wildman–Crippen LogP) is 3.23. The van der Waals surface area contributed by atoms with Crippen LogP contribution < -0.4 is 0 Å². The van der Waals surface area contributed by atoms with Crippen LogP contribution in [0.2, 0.25) is 0 Å². The van der Waals surface area contributed by atoms with Gasteiger partial charge in [0.25, 0.3) is 0 Å². The lowest BCUT2D eigenvalue weighted by Crippen LogP contribution is -2.41. The van der Waals surface area contributed by atoms with E-state index in [-0.39, 0.29) is 48.8 Å². The molecular formula is C25H29NO7S. The molecule has 2 aromatic carbocycles. The summed E-state index contributed by atoms with van der Waals surface area (Å²) in [4.78, 5) is 37.1. The molecule has 0 atom stereocenters. The molecule has 0 aliphatic carbocycles. The van der Waals surface area contributed by atoms with Gasteiger partial charge in [-0.05, 0) is 56.9 Å². The Labute approximate surface area is 199 Å². The molecule has 0 N–H and O–H groups in total. The van der Waals surface area contributed by atoms with Gasteiger partial charge in [-0.1, -0.05) is 29.8 Å². The fourth-order valence-corrected chi connectivity index (χ4v) is 6.04. The molecule has 9 heteroatoms. The second kappa shape index (κ2) is 10.5. The second-order valence-electron chi connectivity index (χ2n) is 8.47. The standard InChI is InChI=1S/C25H29NO7S/c1-16-13-17(2)23(18(3)14-16)21(27)15-33-24(28)19-9-11-26(12-10-19)34(30,31)22-8-6-5-7-20(22)25(29)32-4/h5-8,13-14,19H,9-12,15H2,1-4H3. The van der Waals surface area contributed by atoms with Crippen LogP contribution in [0.4, 0.5) is 0 Å². The molecule has 182 valence electrons. The van der Waals surface area contributed by atoms with Crippen LogP contribution in [0.15, 0.2) is 41.3 Å². The summed E-state index contributed by atoms with van der Waals surface area (Å²) in [6.45, 7) is 5.50. The van der Waals surface area contributed by atoms with E-state index >= 15 is 0 Å². The Bertz CT molecular complexity index is 1190. The van der Waals surface area contributed by atoms with Crippen molar-refractivity contribution < 1.29 is 32.3 Å². The summed E-state index contributed by atoms with van der Waals surface area (Å²) < 4.78 is 37.5. The third kappa shape index (κ3) is 5.37. The molecule has 0 amide bonds. The van der Waals surface area contributed by atoms with Crippen LogP contribution in [0.3, 0.4) is 0 Å². The van der Waals surface area contributed by atoms with Crippen LogP contribution in [0, 0.1) is 26.7 Å². The van der Waals surface area contributed by atoms with Crippen LogP contribution in [-0.2, 0) is 24.3 Å². The van der Waals surface area contributed by atoms with E-state index in [1.54, 1.807) is 6.07 Å². The summed E-state index contributed by atoms with van der Waals surface area (Å²) in [6, 6.07) is 9.69. The molecular weight excluding hydrogens is 458 g/mol. The minimum absolute atomic E-state index is 0.0354. The van der Waals surface area contributed by atoms with Crippen molar-refractivity contribution in [2.24, 2.45) is 5.92 Å². The number of piperidine rings is 1. The zero-order valence-corrected chi connectivity index (χ0v) is 20.6. The first-order valence-corrected chi connectivity index (χ1v) is 12.5. The Morgan fingerprint density at radius 1 is 1.00 bits per heavy atom. The maximum Gasteiger partial charge on any atom is 0.339 e. The molecule has 1 aliphatic heterocycles. The van der Waals surface area contributed by atoms with Crippen molar-refractivity contribution >= 4 is 27.7 Å². The first-order chi connectivity index (χ1) is 16.1. The summed E-state index contributed by atoms with van der Waals surface area (Å²) in [5.74, 6) is -2.01. The van der Waals surface area contributed by atoms with E-state index in [4.69, 9.17) is 9.47 Å². The first kappa shape index (κ1) is 25.6. The lowest BCUT2D eigenvalue weighted by atomic mass is 9.96. The SMILES string of the molecule is COC(=O)c1ccccc1S(=O)(=O)N1CCC(C(=O)OCC(=O)c2c(C)cc(C)cc2C)CC1. The van der Waals surface area contributed by atoms with Gasteiger partial charge in [-0.2, -0.15) is 4.31 Å². The molecule has 1 saturated heterocycles. The average Bonchev–Trinajstić information content (AvgIpc) is 2.81. The van der Waals surface area contributed by atoms with E-state index in [0.29, 0.717) is 5.56 Å². The lowest BCUT2D eigenvalue weighted by molar-refractivity contribution is -0.148. The molecule has 34 heavy (non-hydrogen) atoms. The summed E-state index contributed by atoms with van der Waals surface area (Å²) >= 11 is 0. The predicted molar refractivity (Wildman–Crippen MR) is 125 cm³/mol. The van der Waals surface area contributed by atoms with Gasteiger partial charge in [0.05, 0.1) is 23.5 Å². The Morgan fingerprint density at radius 2 is 1.59 bits per heavy atom. The Kier molecular flexibility index (Phi) is 7.89. The van der Waals surface area contributed by atoms with E-state index in [9.17, 15) is 22.8 Å². The van der Waals surface area contributed by atoms with Crippen LogP contribution in [0.25, 0.3) is 0 Å². The number of rotatable bonds is 7. The third-order valence-corrected chi connectivity index (χ3v) is 7.96. The van der Waals surface area contributed by atoms with Crippen molar-refractivity contribution in [3.05, 3.63) is 64.2 Å². The fraction of sp³-hybridized carbons (Fsp3) is 0.400. The van der Waals surface area contributed by atoms with Crippen molar-refractivity contribution in [1.29, 1.82) is 0 Å². The molecule has 8 nitrogen and oxygen atoms in total. The van der Waals surface area contributed by atoms with Crippen molar-refractivity contribution in [3.63, 3.8) is 0 Å². The largest absolute Gasteiger partial charge is 0.465 e. The summed E-state index contributed by atoms with van der Waals surface area (Å²) in [5, 5.41) is 0. The number of hydrogen-bond acceptors (Lipinski definition) is 7. The van der Waals surface area contributed by atoms with Gasteiger partial charge >= 0.3 is 11.9 Å². The van der Waals surface area contributed by atoms with E-state index in [2.05, 4.69) is 0 Å². The van der Waals surface area contributed by atoms with Crippen LogP contribution in [0.1, 0.15) is 50.2 Å². The molecule has 2 aromatic rings. The summed E-state index contributed by atoms with van der Waals surface area (Å²) in [7, 11) is -2.76. The number of methoxy groups -OCH3 is 1. The average molecular weight is 488 g/mol. The number of sulfonamides is 1. The van der Waals surface area contributed by atoms with Gasteiger partial charge in [-0.3, -0.25) is 9.59 Å². The highest BCUT2D eigenvalue weighted by molar-refractivity contribution is 7.89. The minimum atomic E-state index is -3.95. The molecule has 1 heterocycles. The van der Waals surface area contributed by atoms with E-state index in [1.807, 2.05) is 32.9 Å². The molecule has 0 bridgehead atoms. The Hall–Kier alpha value is -3.04. The van der Waals surface area contributed by atoms with Gasteiger partial charge < -0.3 is 9.47 Å². The highest BCUT2D eigenvalue weighted by Crippen LogP contribution is 2.27. The summed E-state index contributed by atoms with van der Waals surface area (Å²) in [6.07, 6.45) is 0.518. The third-order valence-electron chi connectivity index (χ3n) is 6.00. The van der Waals surface area contributed by atoms with Crippen molar-refractivity contribution in [2.75, 3.05) is 26.8 Å². The van der Waals surface area contributed by atoms with E-state index in [0.717, 1.165) is 16.7 Å². The maximum atomic E-state index is 13.1. The van der Waals surface area contributed by atoms with Gasteiger partial charge in [0, 0.05) is 18.7 Å². The fourth-order valence-electron chi connectivity index (χ4n) is 4.39. The molecule has 0 spiro atoms. The quantitative estimate of drug-likeness (QED) is 0.436. The highest BCUT2D eigenvalue weighted by Gasteiger charge is 2.35. The topological polar surface area (TPSA) is 107 Å². The molecule has 1 fully saturated rings. The van der Waals surface area contributed by atoms with E-state index in [1.165, 1.54) is 29.6 Å². The molecule has 0 saturated carbocycles. The van der Waals surface area contributed by atoms with Gasteiger partial charge in [-0.15, -0.1) is 0 Å². The van der Waals surface area contributed by atoms with E-state index < -0.39 is 27.9 Å². The number of Topliss-reactive ketones (excluding diaryl/α,β-unsaturated/α-hetero) is 1. The van der Waals surface area contributed by atoms with Gasteiger partial charge in [-0.25, -0.2) is 13.2 Å². The smallest absolute Gasteiger partial charge is 0.339 e. The number of nitrogens with zero attached hydrogens (tertiary/aromatic N) is 1. The number of ketones is 1. The Balaban J connectivity index is 1.61. The number of esters is 2. The van der Waals surface area contributed by atoms with Crippen LogP contribution in [-0.4, -0.2) is 57.3 Å². The number of carbonyl (C=O) groups excluding carboxylic acids is 3. The normalized spacial score (nSPS) is 15.1.